The minimum Gasteiger partial charge on any atom is -0.444 e. The predicted octanol–water partition coefficient (Wildman–Crippen LogP) is 9.90. The molecule has 2 atom stereocenters. The number of thioether (sulfide) groups is 2. The standard InChI is InChI=1S/C51H53N3O4S2/c1-49(2,3)58-48(57)54(5)45(37-60-51(41-30-18-9-19-31-41,42-32-20-10-21-33-42)43-34-22-11-23-35-43)47(56)53-44(46(55)52-4)36-59-50(38-24-12-6-13-25-38,39-26-14-7-15-27-39)40-28-16-8-17-29-40/h6-35,44-45H,36-37H2,1-5H3,(H,52,55)(H,53,56). The molecular formula is C51H53N3O4S2. The van der Waals surface area contributed by atoms with Crippen molar-refractivity contribution >= 4 is 41.4 Å². The second kappa shape index (κ2) is 20.0. The van der Waals surface area contributed by atoms with Crippen LogP contribution in [-0.2, 0) is 23.8 Å². The Kier molecular flexibility index (Phi) is 14.6. The fourth-order valence-corrected chi connectivity index (χ4v) is 10.6. The van der Waals surface area contributed by atoms with E-state index in [9.17, 15) is 14.4 Å². The Morgan fingerprint density at radius 3 is 1.10 bits per heavy atom. The second-order valence-electron chi connectivity index (χ2n) is 15.5. The Morgan fingerprint density at radius 1 is 0.517 bits per heavy atom. The smallest absolute Gasteiger partial charge is 0.410 e. The van der Waals surface area contributed by atoms with E-state index in [2.05, 4.69) is 83.4 Å². The average molecular weight is 836 g/mol. The first kappa shape index (κ1) is 43.8. The van der Waals surface area contributed by atoms with Crippen LogP contribution in [0.2, 0.25) is 0 Å². The molecule has 0 fully saturated rings. The summed E-state index contributed by atoms with van der Waals surface area (Å²) in [6.07, 6.45) is -0.643. The van der Waals surface area contributed by atoms with Gasteiger partial charge >= 0.3 is 6.09 Å². The van der Waals surface area contributed by atoms with Crippen molar-refractivity contribution in [3.05, 3.63) is 215 Å². The largest absolute Gasteiger partial charge is 0.444 e. The van der Waals surface area contributed by atoms with Crippen molar-refractivity contribution < 1.29 is 19.1 Å². The van der Waals surface area contributed by atoms with Gasteiger partial charge in [-0.1, -0.05) is 182 Å². The fourth-order valence-electron chi connectivity index (χ4n) is 7.40. The normalized spacial score (nSPS) is 12.8. The van der Waals surface area contributed by atoms with Crippen molar-refractivity contribution in [3.63, 3.8) is 0 Å². The van der Waals surface area contributed by atoms with Crippen LogP contribution >= 0.6 is 23.5 Å². The van der Waals surface area contributed by atoms with Crippen LogP contribution in [0.5, 0.6) is 0 Å². The van der Waals surface area contributed by atoms with E-state index >= 15 is 0 Å². The summed E-state index contributed by atoms with van der Waals surface area (Å²) in [6, 6.07) is 59.3. The lowest BCUT2D eigenvalue weighted by Crippen LogP contribution is -2.56. The molecule has 6 aromatic carbocycles. The Morgan fingerprint density at radius 2 is 0.817 bits per heavy atom. The van der Waals surface area contributed by atoms with Gasteiger partial charge in [0, 0.05) is 25.6 Å². The predicted molar refractivity (Wildman–Crippen MR) is 247 cm³/mol. The zero-order chi connectivity index (χ0) is 42.6. The molecule has 3 amide bonds. The summed E-state index contributed by atoms with van der Waals surface area (Å²) in [6.45, 7) is 5.39. The van der Waals surface area contributed by atoms with Crippen molar-refractivity contribution in [2.75, 3.05) is 25.6 Å². The topological polar surface area (TPSA) is 87.7 Å². The number of carbonyl (C=O) groups is 3. The SMILES string of the molecule is CNC(=O)C(CSC(c1ccccc1)(c1ccccc1)c1ccccc1)NC(=O)C(CSC(c1ccccc1)(c1ccccc1)c1ccccc1)N(C)C(=O)OC(C)(C)C. The van der Waals surface area contributed by atoms with E-state index < -0.39 is 39.2 Å². The molecule has 0 saturated heterocycles. The number of ether oxygens (including phenoxy) is 1. The van der Waals surface area contributed by atoms with Gasteiger partial charge in [-0.05, 0) is 54.2 Å². The summed E-state index contributed by atoms with van der Waals surface area (Å²) in [7, 11) is 3.15. The highest BCUT2D eigenvalue weighted by Crippen LogP contribution is 2.50. The zero-order valence-corrected chi connectivity index (χ0v) is 36.4. The van der Waals surface area contributed by atoms with Gasteiger partial charge in [0.1, 0.15) is 17.7 Å². The molecule has 0 heterocycles. The lowest BCUT2D eigenvalue weighted by molar-refractivity contribution is -0.130. The van der Waals surface area contributed by atoms with Crippen molar-refractivity contribution in [2.24, 2.45) is 0 Å². The summed E-state index contributed by atoms with van der Waals surface area (Å²) >= 11 is 3.14. The number of nitrogens with zero attached hydrogens (tertiary/aromatic N) is 1. The molecule has 0 aliphatic heterocycles. The maximum Gasteiger partial charge on any atom is 0.410 e. The van der Waals surface area contributed by atoms with Gasteiger partial charge in [-0.25, -0.2) is 4.79 Å². The molecule has 6 rings (SSSR count). The first-order valence-electron chi connectivity index (χ1n) is 20.1. The van der Waals surface area contributed by atoms with E-state index in [0.29, 0.717) is 0 Å². The summed E-state index contributed by atoms with van der Waals surface area (Å²) in [5.41, 5.74) is 5.35. The molecule has 0 radical (unpaired) electrons. The van der Waals surface area contributed by atoms with Gasteiger partial charge in [-0.15, -0.1) is 23.5 Å². The number of amides is 3. The maximum atomic E-state index is 15.0. The molecule has 60 heavy (non-hydrogen) atoms. The number of likely N-dealkylation sites (N-methyl/N-ethyl adjacent to an activating group) is 2. The third-order valence-electron chi connectivity index (χ3n) is 10.3. The maximum absolute atomic E-state index is 15.0. The zero-order valence-electron chi connectivity index (χ0n) is 34.8. The minimum atomic E-state index is -1.04. The summed E-state index contributed by atoms with van der Waals surface area (Å²) < 4.78 is 4.34. The van der Waals surface area contributed by atoms with Crippen LogP contribution in [0.4, 0.5) is 4.79 Å². The van der Waals surface area contributed by atoms with E-state index in [1.807, 2.05) is 109 Å². The van der Waals surface area contributed by atoms with E-state index in [-0.39, 0.29) is 17.4 Å². The fraction of sp³-hybridized carbons (Fsp3) is 0.235. The second-order valence-corrected chi connectivity index (χ2v) is 17.9. The molecule has 7 nitrogen and oxygen atoms in total. The number of rotatable bonds is 16. The van der Waals surface area contributed by atoms with E-state index in [0.717, 1.165) is 33.4 Å². The molecule has 0 saturated carbocycles. The Balaban J connectivity index is 1.40. The number of hydrogen-bond donors (Lipinski definition) is 2. The van der Waals surface area contributed by atoms with Crippen LogP contribution in [0.3, 0.4) is 0 Å². The van der Waals surface area contributed by atoms with Crippen molar-refractivity contribution in [1.29, 1.82) is 0 Å². The Labute approximate surface area is 363 Å². The van der Waals surface area contributed by atoms with Gasteiger partial charge in [0.25, 0.3) is 0 Å². The number of benzene rings is 6. The van der Waals surface area contributed by atoms with Crippen molar-refractivity contribution in [1.82, 2.24) is 15.5 Å². The van der Waals surface area contributed by atoms with Crippen molar-refractivity contribution in [3.8, 4) is 0 Å². The van der Waals surface area contributed by atoms with Crippen LogP contribution in [-0.4, -0.2) is 66.1 Å². The number of nitrogens with one attached hydrogen (secondary N) is 2. The monoisotopic (exact) mass is 835 g/mol. The van der Waals surface area contributed by atoms with Crippen LogP contribution < -0.4 is 10.6 Å². The van der Waals surface area contributed by atoms with Gasteiger partial charge in [-0.3, -0.25) is 14.5 Å². The number of hydrogen-bond acceptors (Lipinski definition) is 6. The van der Waals surface area contributed by atoms with Gasteiger partial charge in [0.15, 0.2) is 0 Å². The highest BCUT2D eigenvalue weighted by molar-refractivity contribution is 8.01. The molecule has 0 spiro atoms. The molecule has 0 bridgehead atoms. The van der Waals surface area contributed by atoms with Crippen LogP contribution in [0.15, 0.2) is 182 Å². The first-order valence-corrected chi connectivity index (χ1v) is 22.1. The third-order valence-corrected chi connectivity index (χ3v) is 13.6. The van der Waals surface area contributed by atoms with E-state index in [1.54, 1.807) is 58.4 Å². The summed E-state index contributed by atoms with van der Waals surface area (Å²) in [4.78, 5) is 44.1. The highest BCUT2D eigenvalue weighted by Gasteiger charge is 2.42. The van der Waals surface area contributed by atoms with Gasteiger partial charge in [0.2, 0.25) is 11.8 Å². The van der Waals surface area contributed by atoms with Gasteiger partial charge < -0.3 is 15.4 Å². The first-order chi connectivity index (χ1) is 29.0. The molecule has 2 unspecified atom stereocenters. The molecular weight excluding hydrogens is 783 g/mol. The lowest BCUT2D eigenvalue weighted by Gasteiger charge is -2.38. The minimum absolute atomic E-state index is 0.163. The average Bonchev–Trinajstić information content (AvgIpc) is 3.28. The molecule has 0 aliphatic carbocycles. The summed E-state index contributed by atoms with van der Waals surface area (Å²) in [5.74, 6) is -0.451. The molecule has 0 aliphatic rings. The van der Waals surface area contributed by atoms with Gasteiger partial charge in [-0.2, -0.15) is 0 Å². The van der Waals surface area contributed by atoms with Crippen LogP contribution in [0.25, 0.3) is 0 Å². The molecule has 9 heteroatoms. The van der Waals surface area contributed by atoms with E-state index in [4.69, 9.17) is 4.74 Å². The molecule has 6 aromatic rings. The summed E-state index contributed by atoms with van der Waals surface area (Å²) in [5, 5.41) is 5.91. The Hall–Kier alpha value is -5.77. The quantitative estimate of drug-likeness (QED) is 0.0945. The Bertz CT molecular complexity index is 2080. The van der Waals surface area contributed by atoms with Crippen LogP contribution in [0.1, 0.15) is 54.2 Å². The van der Waals surface area contributed by atoms with Crippen molar-refractivity contribution in [2.45, 2.75) is 47.9 Å². The van der Waals surface area contributed by atoms with Crippen LogP contribution in [0, 0.1) is 0 Å². The third kappa shape index (κ3) is 9.97. The number of carbonyl (C=O) groups excluding carboxylic acids is 3. The molecule has 2 N–H and O–H groups in total. The highest BCUT2D eigenvalue weighted by atomic mass is 32.2. The molecule has 308 valence electrons. The molecule has 0 aromatic heterocycles. The lowest BCUT2D eigenvalue weighted by atomic mass is 9.84. The van der Waals surface area contributed by atoms with Gasteiger partial charge in [0.05, 0.1) is 9.49 Å². The van der Waals surface area contributed by atoms with E-state index in [1.165, 1.54) is 4.90 Å².